The van der Waals surface area contributed by atoms with Gasteiger partial charge >= 0.3 is 293 Å². The summed E-state index contributed by atoms with van der Waals surface area (Å²) in [7, 11) is 0. The van der Waals surface area contributed by atoms with Crippen molar-refractivity contribution in [2.24, 2.45) is 34.0 Å². The van der Waals surface area contributed by atoms with Gasteiger partial charge in [0.2, 0.25) is 0 Å². The van der Waals surface area contributed by atoms with Crippen LogP contribution in [0.1, 0.15) is 148 Å². The molecule has 4 nitrogen and oxygen atoms in total. The molecule has 0 radical (unpaired) electrons. The quantitative estimate of drug-likeness (QED) is 0.234. The summed E-state index contributed by atoms with van der Waals surface area (Å²) in [5.41, 5.74) is 2.25. The van der Waals surface area contributed by atoms with Crippen LogP contribution in [0.5, 0.6) is 0 Å². The molecule has 5 heteroatoms. The number of fused-ring (bicyclic) bond motifs is 4. The van der Waals surface area contributed by atoms with Crippen molar-refractivity contribution in [1.29, 1.82) is 0 Å². The van der Waals surface area contributed by atoms with Gasteiger partial charge in [-0.1, -0.05) is 0 Å². The van der Waals surface area contributed by atoms with Crippen LogP contribution in [0.4, 0.5) is 0 Å². The molecule has 6 aliphatic rings. The first-order valence-electron chi connectivity index (χ1n) is 20.2. The second kappa shape index (κ2) is 12.8. The molecule has 2 N–H and O–H groups in total. The van der Waals surface area contributed by atoms with Crippen molar-refractivity contribution < 1.29 is 19.7 Å². The van der Waals surface area contributed by atoms with Crippen molar-refractivity contribution in [1.82, 2.24) is 0 Å². The third kappa shape index (κ3) is 5.66. The van der Waals surface area contributed by atoms with Crippen LogP contribution in [0.3, 0.4) is 0 Å². The Hall–Kier alpha value is -0.141. The zero-order chi connectivity index (χ0) is 33.3. The number of aliphatic hydroxyl groups is 2. The number of rotatable bonds is 10. The van der Waals surface area contributed by atoms with Gasteiger partial charge in [0.15, 0.2) is 0 Å². The van der Waals surface area contributed by atoms with E-state index in [-0.39, 0.29) is 22.3 Å². The van der Waals surface area contributed by atoms with Crippen LogP contribution in [0.2, 0.25) is 13.3 Å². The molecule has 47 heavy (non-hydrogen) atoms. The number of unbranched alkanes of at least 4 members (excludes halogenated alkanes) is 3. The molecule has 0 aromatic heterocycles. The molecule has 1 heterocycles. The summed E-state index contributed by atoms with van der Waals surface area (Å²) in [6.07, 6.45) is 16.5. The Morgan fingerprint density at radius 2 is 1.51 bits per heavy atom. The molecule has 0 amide bonds. The van der Waals surface area contributed by atoms with Crippen LogP contribution < -0.4 is 3.58 Å². The van der Waals surface area contributed by atoms with Gasteiger partial charge in [-0.2, -0.15) is 0 Å². The van der Waals surface area contributed by atoms with Crippen molar-refractivity contribution in [3.8, 4) is 0 Å². The maximum absolute atomic E-state index is 13.2. The van der Waals surface area contributed by atoms with E-state index in [1.165, 1.54) is 51.8 Å². The average Bonchev–Trinajstić information content (AvgIpc) is 3.36. The summed E-state index contributed by atoms with van der Waals surface area (Å²) >= 11 is -2.65. The summed E-state index contributed by atoms with van der Waals surface area (Å²) < 4.78 is 19.6. The van der Waals surface area contributed by atoms with E-state index in [1.807, 2.05) is 0 Å². The number of hydrogen-bond donors (Lipinski definition) is 2. The van der Waals surface area contributed by atoms with Crippen LogP contribution in [-0.4, -0.2) is 59.3 Å². The summed E-state index contributed by atoms with van der Waals surface area (Å²) in [5.74, 6) is 1.42. The van der Waals surface area contributed by atoms with E-state index in [4.69, 9.17) is 9.47 Å². The molecule has 2 spiro atoms. The number of hydrogen-bond acceptors (Lipinski definition) is 4. The Morgan fingerprint density at radius 3 is 2.15 bits per heavy atom. The van der Waals surface area contributed by atoms with Crippen molar-refractivity contribution in [2.75, 3.05) is 13.2 Å². The van der Waals surface area contributed by atoms with E-state index in [9.17, 15) is 10.2 Å². The van der Waals surface area contributed by atoms with Gasteiger partial charge in [-0.05, 0) is 0 Å². The molecule has 2 unspecified atom stereocenters. The van der Waals surface area contributed by atoms with E-state index in [2.05, 4.69) is 59.7 Å². The molecule has 1 saturated heterocycles. The van der Waals surface area contributed by atoms with Crippen LogP contribution in [-0.2, 0) is 15.9 Å². The van der Waals surface area contributed by atoms with Crippen LogP contribution in [0, 0.1) is 34.0 Å². The first-order chi connectivity index (χ1) is 22.4. The Bertz CT molecular complexity index is 1260. The molecule has 1 aromatic rings. The van der Waals surface area contributed by atoms with Gasteiger partial charge in [0, 0.05) is 0 Å². The summed E-state index contributed by atoms with van der Waals surface area (Å²) in [5, 5.41) is 24.8. The fourth-order valence-corrected chi connectivity index (χ4v) is 29.0. The van der Waals surface area contributed by atoms with Gasteiger partial charge in [-0.3, -0.25) is 0 Å². The predicted molar refractivity (Wildman–Crippen MR) is 195 cm³/mol. The van der Waals surface area contributed by atoms with Gasteiger partial charge in [-0.15, -0.1) is 0 Å². The fraction of sp³-hybridized carbons (Fsp3) is 0.857. The number of aliphatic hydroxyl groups excluding tert-OH is 1. The van der Waals surface area contributed by atoms with Crippen LogP contribution in [0.15, 0.2) is 18.2 Å². The molecular formula is C42H68O4Sn. The topological polar surface area (TPSA) is 58.9 Å². The first kappa shape index (κ1) is 35.3. The fourth-order valence-electron chi connectivity index (χ4n) is 12.9. The number of ether oxygens (including phenoxy) is 2. The average molecular weight is 756 g/mol. The SMILES string of the molecule is CCC[CH2][Sn]([CH2]CCC)([CH2]CCC)[c]1ccc2c(c1)C[C@]13CCC4(C[C@]1(O)CC[C@@H]1C3C2C[C@]2(C)[C@@H](O)CC[C@@H]12)OCC(C)(C)CO4. The molecule has 5 aliphatic carbocycles. The molecule has 0 bridgehead atoms. The van der Waals surface area contributed by atoms with Gasteiger partial charge in [0.25, 0.3) is 0 Å². The summed E-state index contributed by atoms with van der Waals surface area (Å²) in [4.78, 5) is 0. The first-order valence-corrected chi connectivity index (χ1v) is 27.7. The molecule has 7 rings (SSSR count). The van der Waals surface area contributed by atoms with Gasteiger partial charge in [0.05, 0.1) is 0 Å². The third-order valence-corrected chi connectivity index (χ3v) is 31.1. The van der Waals surface area contributed by atoms with Crippen LogP contribution in [0.25, 0.3) is 0 Å². The Labute approximate surface area is 291 Å². The van der Waals surface area contributed by atoms with E-state index in [0.717, 1.165) is 51.4 Å². The molecular weight excluding hydrogens is 687 g/mol. The van der Waals surface area contributed by atoms with Gasteiger partial charge in [-0.25, -0.2) is 0 Å². The van der Waals surface area contributed by atoms with E-state index < -0.39 is 29.8 Å². The van der Waals surface area contributed by atoms with Gasteiger partial charge in [0.1, 0.15) is 0 Å². The normalized spacial score (nSPS) is 40.0. The van der Waals surface area contributed by atoms with E-state index >= 15 is 0 Å². The van der Waals surface area contributed by atoms with Crippen molar-refractivity contribution >= 4 is 22.0 Å². The molecule has 5 fully saturated rings. The van der Waals surface area contributed by atoms with Crippen molar-refractivity contribution in [3.63, 3.8) is 0 Å². The summed E-state index contributed by atoms with van der Waals surface area (Å²) in [6.45, 7) is 15.5. The maximum atomic E-state index is 13.2. The van der Waals surface area contributed by atoms with Gasteiger partial charge < -0.3 is 0 Å². The number of benzene rings is 1. The molecule has 4 saturated carbocycles. The molecule has 264 valence electrons. The van der Waals surface area contributed by atoms with Crippen molar-refractivity contribution in [3.05, 3.63) is 29.3 Å². The monoisotopic (exact) mass is 756 g/mol. The predicted octanol–water partition coefficient (Wildman–Crippen LogP) is 9.26. The van der Waals surface area contributed by atoms with Crippen molar-refractivity contribution in [2.45, 2.75) is 175 Å². The summed E-state index contributed by atoms with van der Waals surface area (Å²) in [6, 6.07) is 8.04. The minimum atomic E-state index is -2.65. The molecule has 8 atom stereocenters. The zero-order valence-corrected chi connectivity index (χ0v) is 33.8. The Balaban J connectivity index is 1.33. The van der Waals surface area contributed by atoms with E-state index in [0.29, 0.717) is 43.3 Å². The third-order valence-electron chi connectivity index (χ3n) is 15.5. The minimum absolute atomic E-state index is 0.0147. The van der Waals surface area contributed by atoms with Crippen LogP contribution >= 0.6 is 0 Å². The second-order valence-corrected chi connectivity index (χ2v) is 32.2. The standard InChI is InChI=1S/C30H41O4.3C4H9.Sn/c1-26(2)17-33-30(34-18-26)13-12-28-14-19-6-4-5-7-20(19)22-15-27(3)23(8-9-24(27)31)21(25(22)28)10-11-29(28,32)16-30;3*1-3-4-2;/h5-7,21-25,31-32H,8-18H2,1-3H3;3*1,3-4H2,2H3;/t21-,22?,23-,24-,25?,27-,28-,29+;;;;/m0..../s1. The zero-order valence-electron chi connectivity index (χ0n) is 31.0. The Kier molecular flexibility index (Phi) is 9.62. The molecule has 1 aliphatic heterocycles. The van der Waals surface area contributed by atoms with E-state index in [1.54, 1.807) is 14.7 Å². The second-order valence-electron chi connectivity index (χ2n) is 18.9. The Morgan fingerprint density at radius 1 is 0.851 bits per heavy atom. The molecule has 1 aromatic carbocycles.